The lowest BCUT2D eigenvalue weighted by atomic mass is 10.2. The Kier molecular flexibility index (Phi) is 5.68. The number of carbonyl (C=O) groups is 1. The molecule has 136 valence electrons. The number of nitrogens with one attached hydrogen (secondary N) is 1. The standard InChI is InChI=1S/C19H21N3O3S/c1-22(11-13-8-9-16(24-2)17(10-13)25-3)18(23)12-26-19-20-14-6-4-5-7-15(14)21-19/h4-10H,11-12H2,1-3H3,(H,20,21). The minimum Gasteiger partial charge on any atom is -0.493 e. The van der Waals surface area contributed by atoms with Crippen LogP contribution in [0.4, 0.5) is 0 Å². The van der Waals surface area contributed by atoms with Crippen LogP contribution in [-0.4, -0.2) is 47.8 Å². The molecule has 1 heterocycles. The molecule has 1 aromatic heterocycles. The summed E-state index contributed by atoms with van der Waals surface area (Å²) in [6.45, 7) is 0.500. The highest BCUT2D eigenvalue weighted by Crippen LogP contribution is 2.28. The highest BCUT2D eigenvalue weighted by atomic mass is 32.2. The molecule has 0 bridgehead atoms. The van der Waals surface area contributed by atoms with E-state index < -0.39 is 0 Å². The molecule has 0 aliphatic carbocycles. The molecule has 0 unspecified atom stereocenters. The topological polar surface area (TPSA) is 67.5 Å². The first-order valence-electron chi connectivity index (χ1n) is 8.13. The van der Waals surface area contributed by atoms with Crippen molar-refractivity contribution < 1.29 is 14.3 Å². The Morgan fingerprint density at radius 3 is 2.65 bits per heavy atom. The summed E-state index contributed by atoms with van der Waals surface area (Å²) in [5.74, 6) is 1.68. The molecule has 6 nitrogen and oxygen atoms in total. The number of imidazole rings is 1. The predicted octanol–water partition coefficient (Wildman–Crippen LogP) is 3.33. The van der Waals surface area contributed by atoms with E-state index >= 15 is 0 Å². The summed E-state index contributed by atoms with van der Waals surface area (Å²) in [6, 6.07) is 13.5. The maximum absolute atomic E-state index is 12.4. The monoisotopic (exact) mass is 371 g/mol. The van der Waals surface area contributed by atoms with Gasteiger partial charge in [-0.25, -0.2) is 4.98 Å². The van der Waals surface area contributed by atoms with E-state index in [2.05, 4.69) is 9.97 Å². The molecule has 0 aliphatic heterocycles. The Hall–Kier alpha value is -2.67. The molecular weight excluding hydrogens is 350 g/mol. The molecule has 0 saturated heterocycles. The zero-order chi connectivity index (χ0) is 18.5. The number of ether oxygens (including phenoxy) is 2. The van der Waals surface area contributed by atoms with Gasteiger partial charge in [0.1, 0.15) is 0 Å². The van der Waals surface area contributed by atoms with Crippen molar-refractivity contribution in [3.8, 4) is 11.5 Å². The van der Waals surface area contributed by atoms with Crippen LogP contribution >= 0.6 is 11.8 Å². The van der Waals surface area contributed by atoms with Crippen molar-refractivity contribution in [1.82, 2.24) is 14.9 Å². The van der Waals surface area contributed by atoms with E-state index in [4.69, 9.17) is 9.47 Å². The van der Waals surface area contributed by atoms with Gasteiger partial charge in [-0.1, -0.05) is 30.0 Å². The number of methoxy groups -OCH3 is 2. The fourth-order valence-electron chi connectivity index (χ4n) is 2.58. The van der Waals surface area contributed by atoms with Crippen LogP contribution in [0.3, 0.4) is 0 Å². The molecule has 1 amide bonds. The summed E-state index contributed by atoms with van der Waals surface area (Å²) in [7, 11) is 4.99. The van der Waals surface area contributed by atoms with Gasteiger partial charge in [0.2, 0.25) is 5.91 Å². The van der Waals surface area contributed by atoms with Crippen molar-refractivity contribution in [3.05, 3.63) is 48.0 Å². The van der Waals surface area contributed by atoms with Crippen molar-refractivity contribution in [2.75, 3.05) is 27.0 Å². The third-order valence-electron chi connectivity index (χ3n) is 3.99. The minimum absolute atomic E-state index is 0.0326. The van der Waals surface area contributed by atoms with Gasteiger partial charge in [0.15, 0.2) is 16.7 Å². The zero-order valence-corrected chi connectivity index (χ0v) is 15.8. The summed E-state index contributed by atoms with van der Waals surface area (Å²) in [6.07, 6.45) is 0. The van der Waals surface area contributed by atoms with Crippen LogP contribution in [0.2, 0.25) is 0 Å². The van der Waals surface area contributed by atoms with Gasteiger partial charge >= 0.3 is 0 Å². The normalized spacial score (nSPS) is 10.7. The molecule has 3 aromatic rings. The maximum Gasteiger partial charge on any atom is 0.233 e. The third-order valence-corrected chi connectivity index (χ3v) is 4.85. The van der Waals surface area contributed by atoms with E-state index in [1.54, 1.807) is 26.2 Å². The Morgan fingerprint density at radius 2 is 1.92 bits per heavy atom. The van der Waals surface area contributed by atoms with Crippen LogP contribution in [0.25, 0.3) is 11.0 Å². The van der Waals surface area contributed by atoms with Crippen LogP contribution < -0.4 is 9.47 Å². The molecular formula is C19H21N3O3S. The summed E-state index contributed by atoms with van der Waals surface area (Å²) in [5, 5.41) is 0.749. The summed E-state index contributed by atoms with van der Waals surface area (Å²) in [4.78, 5) is 21.8. The molecule has 2 aromatic carbocycles. The third kappa shape index (κ3) is 4.11. The number of nitrogens with zero attached hydrogens (tertiary/aromatic N) is 2. The molecule has 0 aliphatic rings. The first kappa shape index (κ1) is 18.1. The van der Waals surface area contributed by atoms with Crippen LogP contribution in [0.15, 0.2) is 47.6 Å². The predicted molar refractivity (Wildman–Crippen MR) is 103 cm³/mol. The number of carbonyl (C=O) groups excluding carboxylic acids is 1. The number of thioether (sulfide) groups is 1. The van der Waals surface area contributed by atoms with Gasteiger partial charge in [0.05, 0.1) is 31.0 Å². The van der Waals surface area contributed by atoms with Crippen LogP contribution in [0.5, 0.6) is 11.5 Å². The Balaban J connectivity index is 1.59. The number of hydrogen-bond donors (Lipinski definition) is 1. The van der Waals surface area contributed by atoms with Gasteiger partial charge in [0, 0.05) is 13.6 Å². The number of para-hydroxylation sites is 2. The lowest BCUT2D eigenvalue weighted by Gasteiger charge is -2.18. The van der Waals surface area contributed by atoms with Crippen molar-refractivity contribution in [2.24, 2.45) is 0 Å². The summed E-state index contributed by atoms with van der Waals surface area (Å²) >= 11 is 1.40. The van der Waals surface area contributed by atoms with Gasteiger partial charge in [-0.3, -0.25) is 4.79 Å². The average Bonchev–Trinajstić information content (AvgIpc) is 3.08. The molecule has 0 spiro atoms. The largest absolute Gasteiger partial charge is 0.493 e. The highest BCUT2D eigenvalue weighted by molar-refractivity contribution is 7.99. The number of aromatic nitrogens is 2. The second kappa shape index (κ2) is 8.14. The van der Waals surface area contributed by atoms with E-state index in [1.165, 1.54) is 11.8 Å². The second-order valence-electron chi connectivity index (χ2n) is 5.79. The van der Waals surface area contributed by atoms with Crippen LogP contribution in [0.1, 0.15) is 5.56 Å². The molecule has 0 fully saturated rings. The smallest absolute Gasteiger partial charge is 0.233 e. The number of aromatic amines is 1. The quantitative estimate of drug-likeness (QED) is 0.645. The molecule has 0 radical (unpaired) electrons. The number of rotatable bonds is 7. The number of H-pyrrole nitrogens is 1. The van der Waals surface area contributed by atoms with Crippen molar-refractivity contribution in [2.45, 2.75) is 11.7 Å². The molecule has 0 atom stereocenters. The summed E-state index contributed by atoms with van der Waals surface area (Å²) < 4.78 is 10.5. The van der Waals surface area contributed by atoms with Crippen molar-refractivity contribution in [3.63, 3.8) is 0 Å². The molecule has 1 N–H and O–H groups in total. The molecule has 7 heteroatoms. The Bertz CT molecular complexity index is 877. The van der Waals surface area contributed by atoms with E-state index in [-0.39, 0.29) is 5.91 Å². The minimum atomic E-state index is 0.0326. The van der Waals surface area contributed by atoms with Crippen LogP contribution in [0, 0.1) is 0 Å². The lowest BCUT2D eigenvalue weighted by Crippen LogP contribution is -2.27. The van der Waals surface area contributed by atoms with Crippen molar-refractivity contribution in [1.29, 1.82) is 0 Å². The maximum atomic E-state index is 12.4. The summed E-state index contributed by atoms with van der Waals surface area (Å²) in [5.41, 5.74) is 2.86. The van der Waals surface area contributed by atoms with E-state index in [9.17, 15) is 4.79 Å². The number of fused-ring (bicyclic) bond motifs is 1. The lowest BCUT2D eigenvalue weighted by molar-refractivity contribution is -0.127. The van der Waals surface area contributed by atoms with Gasteiger partial charge < -0.3 is 19.4 Å². The van der Waals surface area contributed by atoms with Crippen molar-refractivity contribution >= 4 is 28.7 Å². The second-order valence-corrected chi connectivity index (χ2v) is 6.75. The van der Waals surface area contributed by atoms with Crippen LogP contribution in [-0.2, 0) is 11.3 Å². The zero-order valence-electron chi connectivity index (χ0n) is 15.0. The fourth-order valence-corrected chi connectivity index (χ4v) is 3.40. The van der Waals surface area contributed by atoms with Gasteiger partial charge in [-0.05, 0) is 29.8 Å². The highest BCUT2D eigenvalue weighted by Gasteiger charge is 2.13. The molecule has 26 heavy (non-hydrogen) atoms. The average molecular weight is 371 g/mol. The van der Waals surface area contributed by atoms with Gasteiger partial charge in [0.25, 0.3) is 0 Å². The Morgan fingerprint density at radius 1 is 1.15 bits per heavy atom. The first-order valence-corrected chi connectivity index (χ1v) is 9.11. The number of amides is 1. The first-order chi connectivity index (χ1) is 12.6. The molecule has 0 saturated carbocycles. The van der Waals surface area contributed by atoms with Gasteiger partial charge in [-0.2, -0.15) is 0 Å². The van der Waals surface area contributed by atoms with E-state index in [1.807, 2.05) is 42.5 Å². The van der Waals surface area contributed by atoms with Gasteiger partial charge in [-0.15, -0.1) is 0 Å². The fraction of sp³-hybridized carbons (Fsp3) is 0.263. The number of hydrogen-bond acceptors (Lipinski definition) is 5. The Labute approximate surface area is 156 Å². The SMILES string of the molecule is COc1ccc(CN(C)C(=O)CSc2nc3ccccc3[nH]2)cc1OC. The number of benzene rings is 2. The molecule has 3 rings (SSSR count). The van der Waals surface area contributed by atoms with E-state index in [0.717, 1.165) is 21.8 Å². The van der Waals surface area contributed by atoms with E-state index in [0.29, 0.717) is 23.8 Å².